The third kappa shape index (κ3) is 21.3. The van der Waals surface area contributed by atoms with Gasteiger partial charge in [-0.15, -0.1) is 0 Å². The molecule has 10 heteroatoms. The van der Waals surface area contributed by atoms with E-state index in [4.69, 9.17) is 18.5 Å². The minimum Gasteiger partial charge on any atom is -0.462 e. The molecule has 0 aromatic carbocycles. The molecule has 0 saturated heterocycles. The lowest BCUT2D eigenvalue weighted by Gasteiger charge is -2.24. The second-order valence-electron chi connectivity index (χ2n) is 9.38. The van der Waals surface area contributed by atoms with Crippen LogP contribution in [0.5, 0.6) is 0 Å². The van der Waals surface area contributed by atoms with Crippen molar-refractivity contribution in [2.45, 2.75) is 90.6 Å². The number of hydrogen-bond donors (Lipinski definition) is 1. The molecule has 0 saturated carbocycles. The maximum absolute atomic E-state index is 12.2. The average Bonchev–Trinajstić information content (AvgIpc) is 2.71. The molecule has 0 aliphatic rings. The Hall–Kier alpha value is -0.990. The molecule has 1 unspecified atom stereocenters. The molecule has 0 spiro atoms. The zero-order valence-corrected chi connectivity index (χ0v) is 22.3. The third-order valence-electron chi connectivity index (χ3n) is 4.89. The van der Waals surface area contributed by atoms with Gasteiger partial charge in [-0.05, 0) is 12.8 Å². The number of phosphoric ester groups is 1. The summed E-state index contributed by atoms with van der Waals surface area (Å²) in [5, 5.41) is 0. The van der Waals surface area contributed by atoms with Crippen LogP contribution in [-0.2, 0) is 32.7 Å². The number of hydrogen-bond acceptors (Lipinski definition) is 7. The molecule has 0 aromatic heterocycles. The fraction of sp³-hybridized carbons (Fsp3) is 0.913. The lowest BCUT2D eigenvalue weighted by atomic mass is 10.1. The summed E-state index contributed by atoms with van der Waals surface area (Å²) in [4.78, 5) is 34.0. The molecular formula is C23H47NO8P+. The fourth-order valence-electron chi connectivity index (χ4n) is 2.83. The molecular weight excluding hydrogens is 449 g/mol. The number of nitrogens with zero attached hydrogens (tertiary/aromatic N) is 1. The van der Waals surface area contributed by atoms with Gasteiger partial charge in [0.15, 0.2) is 6.10 Å². The minimum absolute atomic E-state index is 0.0339. The van der Waals surface area contributed by atoms with Crippen LogP contribution in [0.25, 0.3) is 0 Å². The Morgan fingerprint density at radius 1 is 0.818 bits per heavy atom. The highest BCUT2D eigenvalue weighted by atomic mass is 31.2. The molecule has 0 bridgehead atoms. The Bertz CT molecular complexity index is 579. The van der Waals surface area contributed by atoms with Gasteiger partial charge in [0.05, 0.1) is 27.7 Å². The summed E-state index contributed by atoms with van der Waals surface area (Å²) in [5.41, 5.74) is 0. The Morgan fingerprint density at radius 2 is 1.36 bits per heavy atom. The number of unbranched alkanes of at least 4 members (excludes halogenated alkanes) is 7. The number of carbonyl (C=O) groups is 2. The minimum atomic E-state index is -4.32. The first-order chi connectivity index (χ1) is 15.5. The molecule has 0 rings (SSSR count). The summed E-state index contributed by atoms with van der Waals surface area (Å²) in [6.45, 7) is 4.11. The van der Waals surface area contributed by atoms with Crippen LogP contribution in [-0.4, -0.2) is 74.9 Å². The maximum atomic E-state index is 12.2. The first-order valence-corrected chi connectivity index (χ1v) is 13.8. The average molecular weight is 497 g/mol. The van der Waals surface area contributed by atoms with E-state index in [1.54, 1.807) is 0 Å². The van der Waals surface area contributed by atoms with Crippen LogP contribution < -0.4 is 0 Å². The standard InChI is InChI=1S/C23H46NO8P/c1-6-8-10-11-12-14-16-23(26)32-21(19-29-22(25)15-13-9-7-2)20-31-33(27,28)30-18-17-24(3,4)5/h21H,6-20H2,1-5H3/p+1/t21-/m0/s1. The van der Waals surface area contributed by atoms with E-state index < -0.39 is 32.5 Å². The monoisotopic (exact) mass is 496 g/mol. The van der Waals surface area contributed by atoms with Gasteiger partial charge in [0.2, 0.25) is 0 Å². The Balaban J connectivity index is 4.61. The second-order valence-corrected chi connectivity index (χ2v) is 10.8. The number of carbonyl (C=O) groups excluding carboxylic acids is 2. The Kier molecular flexibility index (Phi) is 17.8. The summed E-state index contributed by atoms with van der Waals surface area (Å²) in [6.07, 6.45) is 8.39. The quantitative estimate of drug-likeness (QED) is 0.106. The third-order valence-corrected chi connectivity index (χ3v) is 5.87. The van der Waals surface area contributed by atoms with Crippen molar-refractivity contribution < 1.29 is 42.1 Å². The molecule has 0 aliphatic carbocycles. The van der Waals surface area contributed by atoms with Crippen molar-refractivity contribution in [3.8, 4) is 0 Å². The summed E-state index contributed by atoms with van der Waals surface area (Å²) in [6, 6.07) is 0. The van der Waals surface area contributed by atoms with Crippen molar-refractivity contribution in [1.82, 2.24) is 0 Å². The molecule has 0 radical (unpaired) electrons. The highest BCUT2D eigenvalue weighted by molar-refractivity contribution is 7.47. The Morgan fingerprint density at radius 3 is 2.00 bits per heavy atom. The van der Waals surface area contributed by atoms with E-state index in [0.29, 0.717) is 17.4 Å². The number of ether oxygens (including phenoxy) is 2. The largest absolute Gasteiger partial charge is 0.472 e. The molecule has 0 aliphatic heterocycles. The van der Waals surface area contributed by atoms with E-state index in [1.165, 1.54) is 6.42 Å². The van der Waals surface area contributed by atoms with E-state index in [1.807, 2.05) is 28.1 Å². The molecule has 33 heavy (non-hydrogen) atoms. The van der Waals surface area contributed by atoms with Crippen LogP contribution in [0.15, 0.2) is 0 Å². The second kappa shape index (κ2) is 18.4. The van der Waals surface area contributed by atoms with Crippen molar-refractivity contribution in [3.05, 3.63) is 0 Å². The van der Waals surface area contributed by atoms with E-state index in [0.717, 1.165) is 44.9 Å². The SMILES string of the molecule is CCCCCCCCC(=O)O[C@@H](COC(=O)CCCCC)COP(=O)(O)OCC[N+](C)(C)C. The van der Waals surface area contributed by atoms with Gasteiger partial charge < -0.3 is 18.9 Å². The number of phosphoric acid groups is 1. The number of likely N-dealkylation sites (N-methyl/N-ethyl adjacent to an activating group) is 1. The van der Waals surface area contributed by atoms with Crippen LogP contribution >= 0.6 is 7.82 Å². The van der Waals surface area contributed by atoms with Gasteiger partial charge in [-0.3, -0.25) is 18.6 Å². The molecule has 0 fully saturated rings. The van der Waals surface area contributed by atoms with E-state index in [9.17, 15) is 19.0 Å². The van der Waals surface area contributed by atoms with Gasteiger partial charge in [0.25, 0.3) is 0 Å². The van der Waals surface area contributed by atoms with Crippen LogP contribution in [0.3, 0.4) is 0 Å². The highest BCUT2D eigenvalue weighted by Gasteiger charge is 2.26. The van der Waals surface area contributed by atoms with E-state index in [2.05, 4.69) is 6.92 Å². The van der Waals surface area contributed by atoms with Crippen LogP contribution in [0.2, 0.25) is 0 Å². The fourth-order valence-corrected chi connectivity index (χ4v) is 3.57. The molecule has 0 aromatic rings. The molecule has 0 amide bonds. The Labute approximate surface area is 200 Å². The van der Waals surface area contributed by atoms with Gasteiger partial charge >= 0.3 is 19.8 Å². The van der Waals surface area contributed by atoms with E-state index in [-0.39, 0.29) is 26.1 Å². The van der Waals surface area contributed by atoms with Gasteiger partial charge in [-0.25, -0.2) is 4.57 Å². The topological polar surface area (TPSA) is 108 Å². The maximum Gasteiger partial charge on any atom is 0.472 e. The summed E-state index contributed by atoms with van der Waals surface area (Å²) in [5.74, 6) is -0.841. The van der Waals surface area contributed by atoms with Crippen molar-refractivity contribution >= 4 is 19.8 Å². The smallest absolute Gasteiger partial charge is 0.462 e. The van der Waals surface area contributed by atoms with Crippen molar-refractivity contribution in [1.29, 1.82) is 0 Å². The molecule has 1 N–H and O–H groups in total. The number of rotatable bonds is 21. The van der Waals surface area contributed by atoms with Crippen LogP contribution in [0, 0.1) is 0 Å². The van der Waals surface area contributed by atoms with Gasteiger partial charge in [-0.1, -0.05) is 58.8 Å². The lowest BCUT2D eigenvalue weighted by Crippen LogP contribution is -2.37. The van der Waals surface area contributed by atoms with Gasteiger partial charge in [0.1, 0.15) is 19.8 Å². The lowest BCUT2D eigenvalue weighted by molar-refractivity contribution is -0.870. The highest BCUT2D eigenvalue weighted by Crippen LogP contribution is 2.43. The molecule has 196 valence electrons. The van der Waals surface area contributed by atoms with Crippen molar-refractivity contribution in [3.63, 3.8) is 0 Å². The molecule has 9 nitrogen and oxygen atoms in total. The summed E-state index contributed by atoms with van der Waals surface area (Å²) in [7, 11) is 1.47. The first kappa shape index (κ1) is 32.0. The predicted octanol–water partition coefficient (Wildman–Crippen LogP) is 4.61. The number of esters is 2. The molecule has 0 heterocycles. The first-order valence-electron chi connectivity index (χ1n) is 12.3. The van der Waals surface area contributed by atoms with Crippen molar-refractivity contribution in [2.75, 3.05) is 47.5 Å². The van der Waals surface area contributed by atoms with Gasteiger partial charge in [-0.2, -0.15) is 0 Å². The summed E-state index contributed by atoms with van der Waals surface area (Å²) < 4.78 is 33.3. The zero-order valence-electron chi connectivity index (χ0n) is 21.4. The van der Waals surface area contributed by atoms with Crippen LogP contribution in [0.1, 0.15) is 84.5 Å². The zero-order chi connectivity index (χ0) is 25.2. The summed E-state index contributed by atoms with van der Waals surface area (Å²) >= 11 is 0. The van der Waals surface area contributed by atoms with Gasteiger partial charge in [0, 0.05) is 12.8 Å². The van der Waals surface area contributed by atoms with Crippen LogP contribution in [0.4, 0.5) is 0 Å². The number of quaternary nitrogens is 1. The predicted molar refractivity (Wildman–Crippen MR) is 128 cm³/mol. The normalized spacial score (nSPS) is 14.5. The molecule has 2 atom stereocenters. The van der Waals surface area contributed by atoms with Crippen molar-refractivity contribution in [2.24, 2.45) is 0 Å². The van der Waals surface area contributed by atoms with E-state index >= 15 is 0 Å².